The Balaban J connectivity index is 1.82. The fraction of sp³-hybridized carbons (Fsp3) is 0.765. The first-order valence-electron chi connectivity index (χ1n) is 8.35. The number of nitrogens with one attached hydrogen (secondary N) is 1. The van der Waals surface area contributed by atoms with E-state index in [4.69, 9.17) is 4.42 Å². The number of nitrogens with zero attached hydrogens (tertiary/aromatic N) is 2. The second-order valence-corrected chi connectivity index (χ2v) is 6.47. The van der Waals surface area contributed by atoms with Gasteiger partial charge in [-0.2, -0.15) is 0 Å². The quantitative estimate of drug-likeness (QED) is 0.837. The van der Waals surface area contributed by atoms with Crippen molar-refractivity contribution in [3.05, 3.63) is 23.7 Å². The molecule has 2 rings (SSSR count). The summed E-state index contributed by atoms with van der Waals surface area (Å²) in [6, 6.07) is 3.31. The van der Waals surface area contributed by atoms with Crippen molar-refractivity contribution in [2.24, 2.45) is 0 Å². The van der Waals surface area contributed by atoms with Crippen LogP contribution < -0.4 is 5.32 Å². The highest BCUT2D eigenvalue weighted by Crippen LogP contribution is 2.16. The lowest BCUT2D eigenvalue weighted by molar-refractivity contribution is 0.0917. The molecule has 0 aromatic carbocycles. The summed E-state index contributed by atoms with van der Waals surface area (Å²) < 4.78 is 5.70. The Morgan fingerprint density at radius 3 is 2.52 bits per heavy atom. The first-order valence-corrected chi connectivity index (χ1v) is 8.35. The minimum Gasteiger partial charge on any atom is -0.468 e. The number of furan rings is 1. The summed E-state index contributed by atoms with van der Waals surface area (Å²) in [5.41, 5.74) is 1.30. The Morgan fingerprint density at radius 1 is 1.19 bits per heavy atom. The van der Waals surface area contributed by atoms with E-state index < -0.39 is 0 Å². The van der Waals surface area contributed by atoms with Crippen LogP contribution in [0.2, 0.25) is 0 Å². The van der Waals surface area contributed by atoms with Crippen molar-refractivity contribution in [2.45, 2.75) is 59.3 Å². The summed E-state index contributed by atoms with van der Waals surface area (Å²) in [4.78, 5) is 5.11. The fourth-order valence-electron chi connectivity index (χ4n) is 2.80. The Bertz CT molecular complexity index is 408. The van der Waals surface area contributed by atoms with Crippen LogP contribution in [0.1, 0.15) is 45.4 Å². The zero-order chi connectivity index (χ0) is 15.2. The molecule has 21 heavy (non-hydrogen) atoms. The van der Waals surface area contributed by atoms with E-state index in [2.05, 4.69) is 48.9 Å². The molecule has 2 heterocycles. The van der Waals surface area contributed by atoms with Crippen LogP contribution in [-0.2, 0) is 13.1 Å². The first kappa shape index (κ1) is 16.5. The lowest BCUT2D eigenvalue weighted by Gasteiger charge is -2.37. The van der Waals surface area contributed by atoms with Crippen LogP contribution in [0.5, 0.6) is 0 Å². The second kappa shape index (κ2) is 7.97. The van der Waals surface area contributed by atoms with E-state index in [1.165, 1.54) is 25.1 Å². The third kappa shape index (κ3) is 4.83. The minimum absolute atomic E-state index is 0.506. The molecular formula is C17H31N3O. The predicted octanol–water partition coefficient (Wildman–Crippen LogP) is 2.69. The van der Waals surface area contributed by atoms with Crippen molar-refractivity contribution in [1.82, 2.24) is 15.1 Å². The van der Waals surface area contributed by atoms with Crippen LogP contribution in [-0.4, -0.2) is 48.1 Å². The maximum atomic E-state index is 5.70. The van der Waals surface area contributed by atoms with Gasteiger partial charge in [0.25, 0.3) is 0 Å². The minimum atomic E-state index is 0.506. The summed E-state index contributed by atoms with van der Waals surface area (Å²) in [7, 11) is 0. The smallest absolute Gasteiger partial charge is 0.122 e. The van der Waals surface area contributed by atoms with Gasteiger partial charge in [-0.15, -0.1) is 0 Å². The summed E-state index contributed by atoms with van der Waals surface area (Å²) in [6.07, 6.45) is 3.06. The van der Waals surface area contributed by atoms with E-state index in [-0.39, 0.29) is 0 Å². The van der Waals surface area contributed by atoms with Gasteiger partial charge in [-0.3, -0.25) is 9.80 Å². The molecule has 0 bridgehead atoms. The standard InChI is InChI=1S/C17H31N3O/c1-5-15(4)20-9-7-19(8-10-20)13-17-16(6-11-21-17)12-18-14(2)3/h6,11,14-15,18H,5,7-10,12-13H2,1-4H3. The number of rotatable bonds is 7. The molecule has 1 fully saturated rings. The van der Waals surface area contributed by atoms with Crippen molar-refractivity contribution in [1.29, 1.82) is 0 Å². The number of hydrogen-bond acceptors (Lipinski definition) is 4. The van der Waals surface area contributed by atoms with Gasteiger partial charge in [0.1, 0.15) is 5.76 Å². The zero-order valence-electron chi connectivity index (χ0n) is 14.1. The molecule has 1 aromatic heterocycles. The Labute approximate surface area is 129 Å². The zero-order valence-corrected chi connectivity index (χ0v) is 14.1. The molecule has 4 nitrogen and oxygen atoms in total. The molecule has 0 saturated carbocycles. The average Bonchev–Trinajstić information content (AvgIpc) is 2.92. The molecule has 0 radical (unpaired) electrons. The first-order chi connectivity index (χ1) is 10.1. The molecule has 120 valence electrons. The van der Waals surface area contributed by atoms with E-state index in [0.29, 0.717) is 12.1 Å². The van der Waals surface area contributed by atoms with Crippen LogP contribution in [0.4, 0.5) is 0 Å². The lowest BCUT2D eigenvalue weighted by atomic mass is 10.1. The van der Waals surface area contributed by atoms with Gasteiger partial charge in [-0.1, -0.05) is 20.8 Å². The maximum Gasteiger partial charge on any atom is 0.122 e. The van der Waals surface area contributed by atoms with Crippen molar-refractivity contribution in [3.8, 4) is 0 Å². The fourth-order valence-corrected chi connectivity index (χ4v) is 2.80. The highest BCUT2D eigenvalue weighted by atomic mass is 16.3. The van der Waals surface area contributed by atoms with Crippen LogP contribution in [0, 0.1) is 0 Å². The molecule has 1 saturated heterocycles. The summed E-state index contributed by atoms with van der Waals surface area (Å²) in [5, 5.41) is 3.47. The van der Waals surface area contributed by atoms with Gasteiger partial charge in [-0.25, -0.2) is 0 Å². The summed E-state index contributed by atoms with van der Waals surface area (Å²) >= 11 is 0. The van der Waals surface area contributed by atoms with Gasteiger partial charge in [0.2, 0.25) is 0 Å². The maximum absolute atomic E-state index is 5.70. The van der Waals surface area contributed by atoms with E-state index >= 15 is 0 Å². The second-order valence-electron chi connectivity index (χ2n) is 6.47. The molecule has 0 spiro atoms. The summed E-state index contributed by atoms with van der Waals surface area (Å²) in [5.74, 6) is 1.13. The molecule has 1 atom stereocenters. The van der Waals surface area contributed by atoms with Gasteiger partial charge in [0.05, 0.1) is 12.8 Å². The molecule has 0 amide bonds. The Kier molecular flexibility index (Phi) is 6.27. The van der Waals surface area contributed by atoms with Gasteiger partial charge in [0.15, 0.2) is 0 Å². The molecule has 1 aliphatic heterocycles. The van der Waals surface area contributed by atoms with E-state index in [1.807, 2.05) is 6.26 Å². The molecule has 4 heteroatoms. The number of hydrogen-bond donors (Lipinski definition) is 1. The van der Waals surface area contributed by atoms with Crippen LogP contribution in [0.25, 0.3) is 0 Å². The van der Waals surface area contributed by atoms with Crippen molar-refractivity contribution < 1.29 is 4.42 Å². The van der Waals surface area contributed by atoms with Crippen molar-refractivity contribution in [3.63, 3.8) is 0 Å². The Morgan fingerprint density at radius 2 is 1.90 bits per heavy atom. The third-order valence-corrected chi connectivity index (χ3v) is 4.53. The topological polar surface area (TPSA) is 31.6 Å². The van der Waals surface area contributed by atoms with Crippen molar-refractivity contribution >= 4 is 0 Å². The van der Waals surface area contributed by atoms with Gasteiger partial charge < -0.3 is 9.73 Å². The molecule has 1 N–H and O–H groups in total. The lowest BCUT2D eigenvalue weighted by Crippen LogP contribution is -2.49. The van der Waals surface area contributed by atoms with E-state index in [9.17, 15) is 0 Å². The van der Waals surface area contributed by atoms with Gasteiger partial charge in [-0.05, 0) is 19.4 Å². The monoisotopic (exact) mass is 293 g/mol. The molecule has 0 aliphatic carbocycles. The highest BCUT2D eigenvalue weighted by molar-refractivity contribution is 5.17. The van der Waals surface area contributed by atoms with Gasteiger partial charge >= 0.3 is 0 Å². The predicted molar refractivity (Wildman–Crippen MR) is 87.3 cm³/mol. The van der Waals surface area contributed by atoms with Crippen LogP contribution in [0.3, 0.4) is 0 Å². The largest absolute Gasteiger partial charge is 0.468 e. The Hall–Kier alpha value is -0.840. The summed E-state index contributed by atoms with van der Waals surface area (Å²) in [6.45, 7) is 15.4. The van der Waals surface area contributed by atoms with Crippen molar-refractivity contribution in [2.75, 3.05) is 26.2 Å². The molecule has 1 aromatic rings. The third-order valence-electron chi connectivity index (χ3n) is 4.53. The molecule has 1 aliphatic rings. The van der Waals surface area contributed by atoms with E-state index in [1.54, 1.807) is 0 Å². The van der Waals surface area contributed by atoms with Crippen LogP contribution in [0.15, 0.2) is 16.7 Å². The highest BCUT2D eigenvalue weighted by Gasteiger charge is 2.21. The molecule has 1 unspecified atom stereocenters. The van der Waals surface area contributed by atoms with E-state index in [0.717, 1.165) is 31.9 Å². The average molecular weight is 293 g/mol. The normalized spacial score (nSPS) is 19.3. The van der Waals surface area contributed by atoms with Crippen LogP contribution >= 0.6 is 0 Å². The SMILES string of the molecule is CCC(C)N1CCN(Cc2occc2CNC(C)C)CC1. The molecular weight excluding hydrogens is 262 g/mol. The number of piperazine rings is 1. The van der Waals surface area contributed by atoms with Gasteiger partial charge in [0, 0.05) is 50.4 Å².